The van der Waals surface area contributed by atoms with Crippen LogP contribution in [0, 0.1) is 11.6 Å². The van der Waals surface area contributed by atoms with Crippen LogP contribution in [0.4, 0.5) is 13.6 Å². The number of aromatic nitrogens is 2. The molecule has 0 spiro atoms. The number of aromatic amines is 1. The summed E-state index contributed by atoms with van der Waals surface area (Å²) in [6.07, 6.45) is 6.97. The van der Waals surface area contributed by atoms with Gasteiger partial charge in [0.25, 0.3) is 0 Å². The molecule has 1 N–H and O–H groups in total. The molecule has 8 heteroatoms. The van der Waals surface area contributed by atoms with Crippen molar-refractivity contribution in [2.45, 2.75) is 64.6 Å². The maximum atomic E-state index is 14.2. The Morgan fingerprint density at radius 3 is 2.59 bits per heavy atom. The molecular formula is C33H33F2N3O3. The van der Waals surface area contributed by atoms with Gasteiger partial charge >= 0.3 is 6.09 Å². The first kappa shape index (κ1) is 28.2. The van der Waals surface area contributed by atoms with Gasteiger partial charge in [-0.05, 0) is 74.4 Å². The fraction of sp³-hybridized carbons (Fsp3) is 0.303. The van der Waals surface area contributed by atoms with Crippen molar-refractivity contribution in [3.8, 4) is 0 Å². The van der Waals surface area contributed by atoms with Crippen LogP contribution < -0.4 is 0 Å². The minimum atomic E-state index is -1.01. The Bertz CT molecular complexity index is 1610. The van der Waals surface area contributed by atoms with Gasteiger partial charge in [-0.25, -0.2) is 18.6 Å². The van der Waals surface area contributed by atoms with Crippen LogP contribution in [0.1, 0.15) is 67.1 Å². The Balaban J connectivity index is 1.36. The molecule has 1 unspecified atom stereocenters. The standard InChI is InChI=1S/C33H33F2N3O3/c1-33(2,3)41-32(40)38(20-21-8-5-4-6-9-21)25-14-12-22(13-15-25)24-16-26-27(19-37-31(26)36-18-24)29(39)17-23-10-7-11-28(34)30(23)35/h4-12,16,18-19,25H,13-15,17,20H2,1-3H3,(H,36,37). The zero-order valence-electron chi connectivity index (χ0n) is 23.4. The van der Waals surface area contributed by atoms with Gasteiger partial charge in [-0.3, -0.25) is 4.79 Å². The molecule has 0 saturated heterocycles. The van der Waals surface area contributed by atoms with Gasteiger partial charge in [0.15, 0.2) is 17.4 Å². The lowest BCUT2D eigenvalue weighted by molar-refractivity contribution is 0.0130. The second-order valence-corrected chi connectivity index (χ2v) is 11.4. The number of ether oxygens (including phenoxy) is 1. The van der Waals surface area contributed by atoms with Crippen LogP contribution in [0.25, 0.3) is 16.6 Å². The van der Waals surface area contributed by atoms with E-state index < -0.39 is 17.2 Å². The number of ketones is 1. The number of hydrogen-bond donors (Lipinski definition) is 1. The number of allylic oxidation sites excluding steroid dienone is 1. The molecule has 41 heavy (non-hydrogen) atoms. The van der Waals surface area contributed by atoms with Crippen molar-refractivity contribution in [2.75, 3.05) is 0 Å². The van der Waals surface area contributed by atoms with E-state index in [1.54, 1.807) is 12.4 Å². The highest BCUT2D eigenvalue weighted by atomic mass is 19.2. The van der Waals surface area contributed by atoms with E-state index in [9.17, 15) is 18.4 Å². The zero-order valence-corrected chi connectivity index (χ0v) is 23.4. The van der Waals surface area contributed by atoms with Crippen LogP contribution in [0.3, 0.4) is 0 Å². The summed E-state index contributed by atoms with van der Waals surface area (Å²) in [6, 6.07) is 15.6. The topological polar surface area (TPSA) is 75.3 Å². The Morgan fingerprint density at radius 2 is 1.88 bits per heavy atom. The van der Waals surface area contributed by atoms with Crippen LogP contribution in [-0.4, -0.2) is 38.4 Å². The SMILES string of the molecule is CC(C)(C)OC(=O)N(Cc1ccccc1)C1CC=C(c2cnc3[nH]cc(C(=O)Cc4cccc(F)c4F)c3c2)CC1. The summed E-state index contributed by atoms with van der Waals surface area (Å²) in [5.74, 6) is -2.31. The van der Waals surface area contributed by atoms with Crippen molar-refractivity contribution in [1.29, 1.82) is 0 Å². The Labute approximate surface area is 238 Å². The second-order valence-electron chi connectivity index (χ2n) is 11.4. The lowest BCUT2D eigenvalue weighted by Gasteiger charge is -2.35. The van der Waals surface area contributed by atoms with Crippen molar-refractivity contribution >= 4 is 28.5 Å². The summed E-state index contributed by atoms with van der Waals surface area (Å²) in [4.78, 5) is 35.6. The highest BCUT2D eigenvalue weighted by Gasteiger charge is 2.30. The van der Waals surface area contributed by atoms with Gasteiger partial charge in [0.05, 0.1) is 0 Å². The predicted molar refractivity (Wildman–Crippen MR) is 154 cm³/mol. The smallest absolute Gasteiger partial charge is 0.410 e. The van der Waals surface area contributed by atoms with Gasteiger partial charge in [0.1, 0.15) is 11.2 Å². The second kappa shape index (κ2) is 11.6. The number of nitrogens with one attached hydrogen (secondary N) is 1. The molecule has 5 rings (SSSR count). The molecule has 4 aromatic rings. The van der Waals surface area contributed by atoms with Gasteiger partial charge in [-0.1, -0.05) is 48.5 Å². The number of Topliss-reactive ketones (excluding diaryl/α,β-unsaturated/α-hetero) is 1. The Morgan fingerprint density at radius 1 is 1.10 bits per heavy atom. The third-order valence-corrected chi connectivity index (χ3v) is 7.23. The predicted octanol–water partition coefficient (Wildman–Crippen LogP) is 7.64. The summed E-state index contributed by atoms with van der Waals surface area (Å²) < 4.78 is 33.6. The third-order valence-electron chi connectivity index (χ3n) is 7.23. The maximum Gasteiger partial charge on any atom is 0.410 e. The number of nitrogens with zero attached hydrogens (tertiary/aromatic N) is 2. The van der Waals surface area contributed by atoms with Crippen LogP contribution >= 0.6 is 0 Å². The van der Waals surface area contributed by atoms with E-state index >= 15 is 0 Å². The van der Waals surface area contributed by atoms with E-state index in [1.165, 1.54) is 12.1 Å². The zero-order chi connectivity index (χ0) is 29.1. The van der Waals surface area contributed by atoms with Crippen LogP contribution in [0.5, 0.6) is 0 Å². The number of hydrogen-bond acceptors (Lipinski definition) is 4. The molecule has 2 heterocycles. The molecule has 212 valence electrons. The lowest BCUT2D eigenvalue weighted by Crippen LogP contribution is -2.43. The Kier molecular flexibility index (Phi) is 8.01. The van der Waals surface area contributed by atoms with Crippen molar-refractivity contribution < 1.29 is 23.1 Å². The van der Waals surface area contributed by atoms with E-state index in [0.29, 0.717) is 36.0 Å². The minimum absolute atomic E-state index is 0.0135. The van der Waals surface area contributed by atoms with E-state index in [0.717, 1.165) is 29.2 Å². The van der Waals surface area contributed by atoms with E-state index in [1.807, 2.05) is 62.1 Å². The summed E-state index contributed by atoms with van der Waals surface area (Å²) in [5.41, 5.74) is 3.33. The molecule has 0 aliphatic heterocycles. The monoisotopic (exact) mass is 557 g/mol. The van der Waals surface area contributed by atoms with Gasteiger partial charge in [0, 0.05) is 42.4 Å². The van der Waals surface area contributed by atoms with E-state index in [-0.39, 0.29) is 29.9 Å². The van der Waals surface area contributed by atoms with Crippen LogP contribution in [-0.2, 0) is 17.7 Å². The van der Waals surface area contributed by atoms with Gasteiger partial charge in [0.2, 0.25) is 0 Å². The number of fused-ring (bicyclic) bond motifs is 1. The normalized spacial score (nSPS) is 15.4. The van der Waals surface area contributed by atoms with Crippen molar-refractivity contribution in [1.82, 2.24) is 14.9 Å². The maximum absolute atomic E-state index is 14.2. The first-order valence-electron chi connectivity index (χ1n) is 13.8. The average molecular weight is 558 g/mol. The van der Waals surface area contributed by atoms with Crippen molar-refractivity contribution in [3.05, 3.63) is 107 Å². The molecule has 1 aliphatic carbocycles. The summed E-state index contributed by atoms with van der Waals surface area (Å²) in [5, 5.41) is 0.631. The molecular weight excluding hydrogens is 524 g/mol. The third kappa shape index (κ3) is 6.53. The molecule has 0 saturated carbocycles. The fourth-order valence-electron chi connectivity index (χ4n) is 5.17. The summed E-state index contributed by atoms with van der Waals surface area (Å²) >= 11 is 0. The van der Waals surface area contributed by atoms with Crippen molar-refractivity contribution in [3.63, 3.8) is 0 Å². The molecule has 2 aromatic heterocycles. The van der Waals surface area contributed by atoms with E-state index in [2.05, 4.69) is 16.0 Å². The molecule has 1 atom stereocenters. The van der Waals surface area contributed by atoms with Crippen molar-refractivity contribution in [2.24, 2.45) is 0 Å². The number of amides is 1. The number of benzene rings is 2. The summed E-state index contributed by atoms with van der Waals surface area (Å²) in [6.45, 7) is 6.05. The number of rotatable bonds is 7. The molecule has 6 nitrogen and oxygen atoms in total. The molecule has 1 amide bonds. The number of H-pyrrole nitrogens is 1. The van der Waals surface area contributed by atoms with Gasteiger partial charge in [-0.2, -0.15) is 0 Å². The number of pyridine rings is 1. The highest BCUT2D eigenvalue weighted by molar-refractivity contribution is 6.08. The Hall–Kier alpha value is -4.33. The first-order valence-corrected chi connectivity index (χ1v) is 13.8. The van der Waals surface area contributed by atoms with Gasteiger partial charge in [-0.15, -0.1) is 0 Å². The number of halogens is 2. The lowest BCUT2D eigenvalue weighted by atomic mass is 9.90. The van der Waals surface area contributed by atoms with Crippen LogP contribution in [0.2, 0.25) is 0 Å². The molecule has 0 bridgehead atoms. The molecule has 2 aromatic carbocycles. The fourth-order valence-corrected chi connectivity index (χ4v) is 5.17. The quantitative estimate of drug-likeness (QED) is 0.237. The van der Waals surface area contributed by atoms with E-state index in [4.69, 9.17) is 4.74 Å². The number of carbonyl (C=O) groups is 2. The molecule has 0 radical (unpaired) electrons. The first-order chi connectivity index (χ1) is 19.6. The van der Waals surface area contributed by atoms with Crippen LogP contribution in [0.15, 0.2) is 73.1 Å². The average Bonchev–Trinajstić information content (AvgIpc) is 3.37. The number of carbonyl (C=O) groups excluding carboxylic acids is 2. The van der Waals surface area contributed by atoms with Gasteiger partial charge < -0.3 is 14.6 Å². The highest BCUT2D eigenvalue weighted by Crippen LogP contribution is 2.32. The largest absolute Gasteiger partial charge is 0.444 e. The molecule has 0 fully saturated rings. The molecule has 1 aliphatic rings. The summed E-state index contributed by atoms with van der Waals surface area (Å²) in [7, 11) is 0. The minimum Gasteiger partial charge on any atom is -0.444 e.